The zero-order valence-corrected chi connectivity index (χ0v) is 19.7. The van der Waals surface area contributed by atoms with Crippen LogP contribution >= 0.6 is 0 Å². The Bertz CT molecular complexity index is 1220. The molecular weight excluding hydrogens is 414 g/mol. The van der Waals surface area contributed by atoms with Crippen molar-refractivity contribution in [3.05, 3.63) is 94.8 Å². The van der Waals surface area contributed by atoms with Crippen molar-refractivity contribution in [3.8, 4) is 17.2 Å². The SMILES string of the molecule is COc1ccc(CN(C)[C@@H](c2ccccc2)c2nnnn2-c2ccccc2C)c(OC)c1C. The van der Waals surface area contributed by atoms with Crippen LogP contribution < -0.4 is 9.47 Å². The second kappa shape index (κ2) is 9.83. The highest BCUT2D eigenvalue weighted by Gasteiger charge is 2.27. The summed E-state index contributed by atoms with van der Waals surface area (Å²) < 4.78 is 13.1. The van der Waals surface area contributed by atoms with Crippen molar-refractivity contribution in [2.24, 2.45) is 0 Å². The molecular formula is C26H29N5O2. The minimum Gasteiger partial charge on any atom is -0.496 e. The Morgan fingerprint density at radius 2 is 1.64 bits per heavy atom. The number of tetrazole rings is 1. The minimum atomic E-state index is -0.173. The van der Waals surface area contributed by atoms with Crippen LogP contribution in [0.25, 0.3) is 5.69 Å². The molecule has 1 atom stereocenters. The van der Waals surface area contributed by atoms with Gasteiger partial charge < -0.3 is 9.47 Å². The molecule has 0 saturated carbocycles. The van der Waals surface area contributed by atoms with Gasteiger partial charge in [0.2, 0.25) is 0 Å². The third-order valence-electron chi connectivity index (χ3n) is 5.92. The third-order valence-corrected chi connectivity index (χ3v) is 5.92. The van der Waals surface area contributed by atoms with Crippen LogP contribution in [-0.2, 0) is 6.54 Å². The molecule has 7 heteroatoms. The lowest BCUT2D eigenvalue weighted by atomic mass is 10.0. The zero-order valence-electron chi connectivity index (χ0n) is 19.7. The number of nitrogens with zero attached hydrogens (tertiary/aromatic N) is 5. The summed E-state index contributed by atoms with van der Waals surface area (Å²) >= 11 is 0. The van der Waals surface area contributed by atoms with Gasteiger partial charge >= 0.3 is 0 Å². The molecule has 33 heavy (non-hydrogen) atoms. The molecule has 0 aliphatic rings. The van der Waals surface area contributed by atoms with Crippen LogP contribution in [0.4, 0.5) is 0 Å². The van der Waals surface area contributed by atoms with Crippen LogP contribution in [-0.4, -0.2) is 46.4 Å². The summed E-state index contributed by atoms with van der Waals surface area (Å²) in [6.07, 6.45) is 0. The summed E-state index contributed by atoms with van der Waals surface area (Å²) in [5.41, 5.74) is 5.22. The molecule has 3 aromatic carbocycles. The van der Waals surface area contributed by atoms with Crippen LogP contribution in [0.3, 0.4) is 0 Å². The lowest BCUT2D eigenvalue weighted by Gasteiger charge is -2.28. The van der Waals surface area contributed by atoms with Crippen LogP contribution in [0.2, 0.25) is 0 Å². The summed E-state index contributed by atoms with van der Waals surface area (Å²) in [5, 5.41) is 12.9. The second-order valence-corrected chi connectivity index (χ2v) is 8.05. The van der Waals surface area contributed by atoms with E-state index in [1.54, 1.807) is 14.2 Å². The van der Waals surface area contributed by atoms with Crippen molar-refractivity contribution in [2.75, 3.05) is 21.3 Å². The van der Waals surface area contributed by atoms with Gasteiger partial charge in [-0.05, 0) is 54.6 Å². The van der Waals surface area contributed by atoms with Crippen LogP contribution in [0.15, 0.2) is 66.7 Å². The maximum Gasteiger partial charge on any atom is 0.178 e. The first kappa shape index (κ1) is 22.5. The van der Waals surface area contributed by atoms with Gasteiger partial charge in [-0.15, -0.1) is 5.10 Å². The van der Waals surface area contributed by atoms with Gasteiger partial charge in [0.05, 0.1) is 25.9 Å². The topological polar surface area (TPSA) is 65.3 Å². The van der Waals surface area contributed by atoms with Crippen molar-refractivity contribution in [2.45, 2.75) is 26.4 Å². The molecule has 4 aromatic rings. The Kier molecular flexibility index (Phi) is 6.70. The van der Waals surface area contributed by atoms with Crippen LogP contribution in [0, 0.1) is 13.8 Å². The molecule has 0 saturated heterocycles. The average Bonchev–Trinajstić information content (AvgIpc) is 3.29. The number of methoxy groups -OCH3 is 2. The molecule has 1 aromatic heterocycles. The molecule has 0 aliphatic heterocycles. The van der Waals surface area contributed by atoms with Gasteiger partial charge in [0.1, 0.15) is 11.5 Å². The quantitative estimate of drug-likeness (QED) is 0.399. The van der Waals surface area contributed by atoms with Gasteiger partial charge in [-0.1, -0.05) is 54.6 Å². The van der Waals surface area contributed by atoms with E-state index in [0.717, 1.165) is 45.3 Å². The highest BCUT2D eigenvalue weighted by atomic mass is 16.5. The number of rotatable bonds is 8. The number of hydrogen-bond donors (Lipinski definition) is 0. The van der Waals surface area contributed by atoms with Crippen molar-refractivity contribution >= 4 is 0 Å². The molecule has 0 unspecified atom stereocenters. The number of ether oxygens (including phenoxy) is 2. The normalized spacial score (nSPS) is 12.1. The molecule has 1 heterocycles. The standard InChI is InChI=1S/C26H29N5O2/c1-18-11-9-10-14-22(18)31-26(27-28-29-31)24(20-12-7-6-8-13-20)30(3)17-21-15-16-23(32-4)19(2)25(21)33-5/h6-16,24H,17H2,1-5H3/t24-/m0/s1. The number of hydrogen-bond acceptors (Lipinski definition) is 6. The maximum atomic E-state index is 5.75. The number of benzene rings is 3. The fourth-order valence-electron chi connectivity index (χ4n) is 4.29. The molecule has 0 aliphatic carbocycles. The second-order valence-electron chi connectivity index (χ2n) is 8.05. The summed E-state index contributed by atoms with van der Waals surface area (Å²) in [7, 11) is 5.44. The summed E-state index contributed by atoms with van der Waals surface area (Å²) in [4.78, 5) is 2.24. The van der Waals surface area contributed by atoms with E-state index < -0.39 is 0 Å². The van der Waals surface area contributed by atoms with Gasteiger partial charge in [-0.2, -0.15) is 4.68 Å². The lowest BCUT2D eigenvalue weighted by Crippen LogP contribution is -2.28. The number of para-hydroxylation sites is 1. The highest BCUT2D eigenvalue weighted by molar-refractivity contribution is 5.49. The van der Waals surface area contributed by atoms with Gasteiger partial charge in [0.15, 0.2) is 5.82 Å². The first-order valence-electron chi connectivity index (χ1n) is 10.8. The molecule has 0 amide bonds. The molecule has 0 fully saturated rings. The Labute approximate surface area is 194 Å². The van der Waals surface area contributed by atoms with Gasteiger partial charge in [0.25, 0.3) is 0 Å². The van der Waals surface area contributed by atoms with E-state index in [1.165, 1.54) is 0 Å². The predicted octanol–water partition coefficient (Wildman–Crippen LogP) is 4.52. The van der Waals surface area contributed by atoms with Gasteiger partial charge in [0, 0.05) is 17.7 Å². The average molecular weight is 444 g/mol. The van der Waals surface area contributed by atoms with Gasteiger partial charge in [-0.25, -0.2) is 0 Å². The fraction of sp³-hybridized carbons (Fsp3) is 0.269. The van der Waals surface area contributed by atoms with Gasteiger partial charge in [-0.3, -0.25) is 4.90 Å². The minimum absolute atomic E-state index is 0.173. The highest BCUT2D eigenvalue weighted by Crippen LogP contribution is 2.35. The van der Waals surface area contributed by atoms with E-state index in [9.17, 15) is 0 Å². The Balaban J connectivity index is 1.78. The first-order valence-corrected chi connectivity index (χ1v) is 10.8. The van der Waals surface area contributed by atoms with E-state index in [4.69, 9.17) is 9.47 Å². The molecule has 0 bridgehead atoms. The Hall–Kier alpha value is -3.71. The summed E-state index contributed by atoms with van der Waals surface area (Å²) in [6, 6.07) is 22.3. The summed E-state index contributed by atoms with van der Waals surface area (Å²) in [5.74, 6) is 2.38. The number of aromatic nitrogens is 4. The van der Waals surface area contributed by atoms with E-state index in [2.05, 4.69) is 52.6 Å². The molecule has 4 rings (SSSR count). The first-order chi connectivity index (χ1) is 16.0. The largest absolute Gasteiger partial charge is 0.496 e. The monoisotopic (exact) mass is 443 g/mol. The van der Waals surface area contributed by atoms with E-state index >= 15 is 0 Å². The predicted molar refractivity (Wildman–Crippen MR) is 128 cm³/mol. The number of aryl methyl sites for hydroxylation is 1. The third kappa shape index (κ3) is 4.45. The molecule has 0 N–H and O–H groups in total. The van der Waals surface area contributed by atoms with E-state index in [-0.39, 0.29) is 6.04 Å². The summed E-state index contributed by atoms with van der Waals surface area (Å²) in [6.45, 7) is 4.70. The Morgan fingerprint density at radius 3 is 2.33 bits per heavy atom. The Morgan fingerprint density at radius 1 is 0.909 bits per heavy atom. The maximum absolute atomic E-state index is 5.75. The van der Waals surface area contributed by atoms with Crippen molar-refractivity contribution in [1.82, 2.24) is 25.1 Å². The molecule has 0 spiro atoms. The van der Waals surface area contributed by atoms with E-state index in [0.29, 0.717) is 6.54 Å². The smallest absolute Gasteiger partial charge is 0.178 e. The van der Waals surface area contributed by atoms with Crippen LogP contribution in [0.1, 0.15) is 34.1 Å². The van der Waals surface area contributed by atoms with Crippen molar-refractivity contribution in [3.63, 3.8) is 0 Å². The fourth-order valence-corrected chi connectivity index (χ4v) is 4.29. The van der Waals surface area contributed by atoms with Crippen LogP contribution in [0.5, 0.6) is 11.5 Å². The zero-order chi connectivity index (χ0) is 23.4. The molecule has 170 valence electrons. The van der Waals surface area contributed by atoms with Crippen molar-refractivity contribution < 1.29 is 9.47 Å². The van der Waals surface area contributed by atoms with Crippen molar-refractivity contribution in [1.29, 1.82) is 0 Å². The molecule has 0 radical (unpaired) electrons. The lowest BCUT2D eigenvalue weighted by molar-refractivity contribution is 0.253. The van der Waals surface area contributed by atoms with E-state index in [1.807, 2.05) is 60.1 Å². The molecule has 7 nitrogen and oxygen atoms in total.